The summed E-state index contributed by atoms with van der Waals surface area (Å²) in [5.41, 5.74) is 6.22. The van der Waals surface area contributed by atoms with E-state index in [4.69, 9.17) is 23.4 Å². The van der Waals surface area contributed by atoms with Gasteiger partial charge in [0.2, 0.25) is 0 Å². The summed E-state index contributed by atoms with van der Waals surface area (Å²) in [5.74, 6) is 1.73. The Morgan fingerprint density at radius 2 is 1.35 bits per heavy atom. The number of benzene rings is 7. The molecule has 6 heteroatoms. The minimum Gasteiger partial charge on any atom is -0.509 e. The molecule has 0 aliphatic carbocycles. The van der Waals surface area contributed by atoms with Gasteiger partial charge in [0, 0.05) is 55.7 Å². The predicted molar refractivity (Wildman–Crippen MR) is 243 cm³/mol. The number of fused-ring (bicyclic) bond motifs is 4. The summed E-state index contributed by atoms with van der Waals surface area (Å²) in [5, 5.41) is 2.08. The molecule has 0 N–H and O–H groups in total. The molecule has 7 aromatic carbocycles. The number of nitrogens with zero attached hydrogens (tertiary/aromatic N) is 4. The molecule has 60 heavy (non-hydrogen) atoms. The smallest absolute Gasteiger partial charge is 0.135 e. The molecule has 0 amide bonds. The number of ether oxygens (including phenoxy) is 1. The average Bonchev–Trinajstić information content (AvgIpc) is 3.89. The summed E-state index contributed by atoms with van der Waals surface area (Å²) in [7, 11) is 0. The van der Waals surface area contributed by atoms with Gasteiger partial charge in [-0.3, -0.25) is 0 Å². The monoisotopic (exact) mass is 968 g/mol. The first-order valence-electron chi connectivity index (χ1n) is 24.4. The summed E-state index contributed by atoms with van der Waals surface area (Å²) in [4.78, 5) is 8.80. The molecule has 5 nitrogen and oxygen atoms in total. The summed E-state index contributed by atoms with van der Waals surface area (Å²) < 4.78 is 94.6. The molecule has 3 heterocycles. The van der Waals surface area contributed by atoms with Gasteiger partial charge >= 0.3 is 0 Å². The Morgan fingerprint density at radius 1 is 0.683 bits per heavy atom. The van der Waals surface area contributed by atoms with Crippen LogP contribution in [-0.4, -0.2) is 16.1 Å². The Morgan fingerprint density at radius 3 is 2.08 bits per heavy atom. The van der Waals surface area contributed by atoms with E-state index in [1.807, 2.05) is 95.5 Å². The third kappa shape index (κ3) is 7.39. The fourth-order valence-corrected chi connectivity index (χ4v) is 7.80. The first-order valence-corrected chi connectivity index (χ1v) is 19.4. The van der Waals surface area contributed by atoms with Gasteiger partial charge in [0.05, 0.1) is 13.7 Å². The summed E-state index contributed by atoms with van der Waals surface area (Å²) >= 11 is 0. The number of hydrogen-bond acceptors (Lipinski definition) is 4. The SMILES string of the molecule is [2H]c1c([2H])c([2H])c(-c2cccc(-c3c([2H])c([2H])c([2H])c([2H])c3[2H])c2CCN2[CH-]N(c3[c-]c(Oc4[c-]c5c(cc4)c4ccccc4n5-c4cc(C(C)(C)C)ccn4)ccc3)c3ccccc32)c([2H])c1[2H].[Pt]. The molecule has 0 spiro atoms. The van der Waals surface area contributed by atoms with Crippen LogP contribution < -0.4 is 14.5 Å². The van der Waals surface area contributed by atoms with E-state index in [2.05, 4.69) is 55.7 Å². The van der Waals surface area contributed by atoms with Crippen LogP contribution in [0.1, 0.15) is 45.6 Å². The number of anilines is 3. The fourth-order valence-electron chi connectivity index (χ4n) is 7.80. The molecular weight excluding hydrogens is 916 g/mol. The topological polar surface area (TPSA) is 33.5 Å². The maximum Gasteiger partial charge on any atom is 0.135 e. The largest absolute Gasteiger partial charge is 0.509 e. The number of hydrogen-bond donors (Lipinski definition) is 0. The van der Waals surface area contributed by atoms with Gasteiger partial charge in [-0.1, -0.05) is 135 Å². The maximum atomic E-state index is 8.89. The van der Waals surface area contributed by atoms with E-state index in [1.54, 1.807) is 18.2 Å². The number of aromatic nitrogens is 2. The van der Waals surface area contributed by atoms with Crippen LogP contribution >= 0.6 is 0 Å². The summed E-state index contributed by atoms with van der Waals surface area (Å²) in [6.45, 7) is 8.74. The van der Waals surface area contributed by atoms with Gasteiger partial charge in [-0.2, -0.15) is 18.8 Å². The van der Waals surface area contributed by atoms with Crippen LogP contribution in [0.2, 0.25) is 0 Å². The molecule has 0 saturated heterocycles. The predicted octanol–water partition coefficient (Wildman–Crippen LogP) is 13.5. The zero-order valence-corrected chi connectivity index (χ0v) is 35.2. The molecule has 298 valence electrons. The van der Waals surface area contributed by atoms with Gasteiger partial charge in [-0.25, -0.2) is 4.98 Å². The molecule has 10 rings (SSSR count). The summed E-state index contributed by atoms with van der Waals surface area (Å²) in [6.07, 6.45) is 2.02. The minimum atomic E-state index is -0.537. The molecule has 0 fully saturated rings. The van der Waals surface area contributed by atoms with Crippen molar-refractivity contribution in [1.82, 2.24) is 9.55 Å². The third-order valence-corrected chi connectivity index (χ3v) is 10.7. The molecule has 0 saturated carbocycles. The molecule has 2 aromatic heterocycles. The standard InChI is InChI=1S/C54H43N4O.Pt/c1-54(2,3)40-30-32-55-53(34-40)58-49-25-11-10-22-47(49)48-29-28-43(36-52(48)58)59-42-21-14-20-41(35-42)57-37-56(50-26-12-13-27-51(50)57)33-31-46-44(38-16-6-4-7-17-38)23-15-24-45(46)39-18-8-5-9-19-39;/h4-30,32,34,37H,31,33H2,1-3H3;/q-3;/i4D,5D,6D,7D,8D,9D,16D,17D,18D,19D;. The third-order valence-electron chi connectivity index (χ3n) is 10.7. The molecule has 0 bridgehead atoms. The average molecular weight is 969 g/mol. The number of para-hydroxylation sites is 3. The Bertz CT molecular complexity index is 3410. The van der Waals surface area contributed by atoms with E-state index >= 15 is 0 Å². The van der Waals surface area contributed by atoms with Crippen molar-refractivity contribution in [3.05, 3.63) is 206 Å². The van der Waals surface area contributed by atoms with Crippen LogP contribution in [0.3, 0.4) is 0 Å². The van der Waals surface area contributed by atoms with Crippen molar-refractivity contribution in [3.63, 3.8) is 0 Å². The van der Waals surface area contributed by atoms with Crippen LogP contribution in [0.5, 0.6) is 11.5 Å². The quantitative estimate of drug-likeness (QED) is 0.135. The van der Waals surface area contributed by atoms with E-state index in [9.17, 15) is 0 Å². The second kappa shape index (κ2) is 16.3. The van der Waals surface area contributed by atoms with E-state index in [0.29, 0.717) is 33.9 Å². The number of rotatable bonds is 9. The van der Waals surface area contributed by atoms with Crippen molar-refractivity contribution in [1.29, 1.82) is 0 Å². The van der Waals surface area contributed by atoms with E-state index < -0.39 is 60.4 Å². The molecule has 1 aliphatic rings. The van der Waals surface area contributed by atoms with Gasteiger partial charge in [0.15, 0.2) is 0 Å². The Hall–Kier alpha value is -6.42. The molecular formula is C54H43N4OPt-3. The van der Waals surface area contributed by atoms with Gasteiger partial charge in [0.25, 0.3) is 0 Å². The zero-order chi connectivity index (χ0) is 48.6. The van der Waals surface area contributed by atoms with Crippen LogP contribution in [-0.2, 0) is 32.9 Å². The Balaban J connectivity index is 0.00000608. The van der Waals surface area contributed by atoms with Crippen molar-refractivity contribution in [2.24, 2.45) is 0 Å². The molecule has 0 radical (unpaired) electrons. The van der Waals surface area contributed by atoms with E-state index in [1.165, 1.54) is 0 Å². The van der Waals surface area contributed by atoms with Crippen molar-refractivity contribution in [2.45, 2.75) is 32.6 Å². The van der Waals surface area contributed by atoms with Crippen LogP contribution in [0.15, 0.2) is 176 Å². The Kier molecular flexibility index (Phi) is 7.86. The molecule has 0 atom stereocenters. The van der Waals surface area contributed by atoms with Gasteiger partial charge in [-0.05, 0) is 87.5 Å². The van der Waals surface area contributed by atoms with Gasteiger partial charge in [-0.15, -0.1) is 41.4 Å². The van der Waals surface area contributed by atoms with Gasteiger partial charge < -0.3 is 19.1 Å². The normalized spacial score (nSPS) is 14.8. The van der Waals surface area contributed by atoms with Crippen molar-refractivity contribution in [2.75, 3.05) is 16.3 Å². The van der Waals surface area contributed by atoms with Crippen molar-refractivity contribution < 1.29 is 39.5 Å². The second-order valence-electron chi connectivity index (χ2n) is 15.3. The molecule has 1 aliphatic heterocycles. The van der Waals surface area contributed by atoms with E-state index in [0.717, 1.165) is 44.6 Å². The first-order chi connectivity index (χ1) is 33.0. The fraction of sp³-hybridized carbons (Fsp3) is 0.111. The number of pyridine rings is 1. The molecule has 9 aromatic rings. The minimum absolute atomic E-state index is 0. The van der Waals surface area contributed by atoms with Gasteiger partial charge in [0.1, 0.15) is 5.82 Å². The Labute approximate surface area is 380 Å². The van der Waals surface area contributed by atoms with Crippen LogP contribution in [0, 0.1) is 18.8 Å². The maximum absolute atomic E-state index is 8.89. The van der Waals surface area contributed by atoms with E-state index in [-0.39, 0.29) is 50.6 Å². The van der Waals surface area contributed by atoms with Crippen LogP contribution in [0.4, 0.5) is 17.1 Å². The summed E-state index contributed by atoms with van der Waals surface area (Å²) in [6, 6.07) is 36.9. The second-order valence-corrected chi connectivity index (χ2v) is 15.3. The van der Waals surface area contributed by atoms with Crippen molar-refractivity contribution >= 4 is 38.9 Å². The first kappa shape index (κ1) is 28.9. The molecule has 0 unspecified atom stereocenters. The van der Waals surface area contributed by atoms with Crippen LogP contribution in [0.25, 0.3) is 49.9 Å². The zero-order valence-electron chi connectivity index (χ0n) is 43.0. The van der Waals surface area contributed by atoms with Crippen molar-refractivity contribution in [3.8, 4) is 39.6 Å².